The van der Waals surface area contributed by atoms with Gasteiger partial charge in [-0.2, -0.15) is 0 Å². The van der Waals surface area contributed by atoms with Gasteiger partial charge in [0.05, 0.1) is 0 Å². The molecule has 0 spiro atoms. The Balaban J connectivity index is 2.33. The average Bonchev–Trinajstić information content (AvgIpc) is 2.50. The van der Waals surface area contributed by atoms with Gasteiger partial charge >= 0.3 is 6.36 Å². The number of rotatable bonds is 6. The van der Waals surface area contributed by atoms with Crippen LogP contribution in [0.1, 0.15) is 24.4 Å². The number of benzene rings is 1. The maximum atomic E-state index is 12.7. The highest BCUT2D eigenvalue weighted by atomic mass is 79.9. The van der Waals surface area contributed by atoms with Gasteiger partial charge in [0.25, 0.3) is 0 Å². The van der Waals surface area contributed by atoms with Gasteiger partial charge in [-0.25, -0.2) is 0 Å². The van der Waals surface area contributed by atoms with E-state index in [1.54, 1.807) is 6.07 Å². The van der Waals surface area contributed by atoms with Gasteiger partial charge in [0.2, 0.25) is 0 Å². The molecule has 0 amide bonds. The number of halogens is 4. The molecule has 1 aromatic carbocycles. The number of nitrogens with one attached hydrogen (secondary N) is 1. The zero-order chi connectivity index (χ0) is 16.9. The molecule has 8 heteroatoms. The van der Waals surface area contributed by atoms with Crippen molar-refractivity contribution < 1.29 is 23.0 Å². The summed E-state index contributed by atoms with van der Waals surface area (Å²) in [6.45, 7) is 3.08. The molecule has 0 unspecified atom stereocenters. The molecule has 1 atom stereocenters. The Bertz CT molecular complexity index is 508. The second-order valence-corrected chi connectivity index (χ2v) is 6.31. The van der Waals surface area contributed by atoms with Crippen LogP contribution in [0.25, 0.3) is 0 Å². The van der Waals surface area contributed by atoms with Gasteiger partial charge in [0.1, 0.15) is 5.75 Å². The van der Waals surface area contributed by atoms with Crippen molar-refractivity contribution in [3.63, 3.8) is 0 Å². The fourth-order valence-corrected chi connectivity index (χ4v) is 3.19. The van der Waals surface area contributed by atoms with E-state index in [0.29, 0.717) is 22.9 Å². The van der Waals surface area contributed by atoms with Crippen LogP contribution in [0.15, 0.2) is 22.7 Å². The van der Waals surface area contributed by atoms with Crippen molar-refractivity contribution in [1.82, 2.24) is 10.2 Å². The molecule has 1 heterocycles. The quantitative estimate of drug-likeness (QED) is 0.775. The molecular weight excluding hydrogens is 377 g/mol. The molecule has 23 heavy (non-hydrogen) atoms. The van der Waals surface area contributed by atoms with Crippen LogP contribution in [0, 0.1) is 0 Å². The molecule has 1 saturated heterocycles. The van der Waals surface area contributed by atoms with Crippen LogP contribution in [0.4, 0.5) is 13.2 Å². The van der Waals surface area contributed by atoms with Crippen LogP contribution in [-0.2, 0) is 0 Å². The molecule has 1 aromatic rings. The Kier molecular flexibility index (Phi) is 6.70. The topological polar surface area (TPSA) is 44.7 Å². The van der Waals surface area contributed by atoms with Gasteiger partial charge in [-0.3, -0.25) is 4.90 Å². The monoisotopic (exact) mass is 396 g/mol. The number of aliphatic hydroxyl groups excluding tert-OH is 1. The van der Waals surface area contributed by atoms with E-state index in [4.69, 9.17) is 5.11 Å². The molecule has 1 aliphatic rings. The maximum absolute atomic E-state index is 12.7. The molecule has 0 radical (unpaired) electrons. The van der Waals surface area contributed by atoms with Crippen molar-refractivity contribution in [2.24, 2.45) is 0 Å². The zero-order valence-corrected chi connectivity index (χ0v) is 14.2. The van der Waals surface area contributed by atoms with Gasteiger partial charge in [-0.05, 0) is 31.0 Å². The van der Waals surface area contributed by atoms with Crippen molar-refractivity contribution >= 4 is 15.9 Å². The first-order valence-corrected chi connectivity index (χ1v) is 8.31. The molecule has 0 aromatic heterocycles. The van der Waals surface area contributed by atoms with Gasteiger partial charge in [-0.15, -0.1) is 13.2 Å². The summed E-state index contributed by atoms with van der Waals surface area (Å²) < 4.78 is 43.0. The van der Waals surface area contributed by atoms with Gasteiger partial charge in [0.15, 0.2) is 0 Å². The first kappa shape index (κ1) is 18.5. The van der Waals surface area contributed by atoms with Gasteiger partial charge in [-0.1, -0.05) is 15.9 Å². The van der Waals surface area contributed by atoms with Gasteiger partial charge < -0.3 is 15.2 Å². The summed E-state index contributed by atoms with van der Waals surface area (Å²) >= 11 is 3.32. The number of ether oxygens (including phenoxy) is 1. The Hall–Kier alpha value is -0.830. The first-order chi connectivity index (χ1) is 10.9. The lowest BCUT2D eigenvalue weighted by atomic mass is 9.98. The molecule has 1 fully saturated rings. The van der Waals surface area contributed by atoms with Gasteiger partial charge in [0, 0.05) is 48.9 Å². The number of alkyl halides is 3. The predicted molar refractivity (Wildman–Crippen MR) is 84.3 cm³/mol. The molecule has 2 rings (SSSR count). The average molecular weight is 397 g/mol. The van der Waals surface area contributed by atoms with E-state index in [-0.39, 0.29) is 18.4 Å². The highest BCUT2D eigenvalue weighted by Gasteiger charge is 2.34. The summed E-state index contributed by atoms with van der Waals surface area (Å²) in [4.78, 5) is 2.14. The Morgan fingerprint density at radius 2 is 2.00 bits per heavy atom. The first-order valence-electron chi connectivity index (χ1n) is 7.51. The molecule has 0 bridgehead atoms. The van der Waals surface area contributed by atoms with E-state index in [1.165, 1.54) is 12.1 Å². The van der Waals surface area contributed by atoms with Crippen LogP contribution in [0.3, 0.4) is 0 Å². The Labute approximate surface area is 141 Å². The predicted octanol–water partition coefficient (Wildman–Crippen LogP) is 3.07. The van der Waals surface area contributed by atoms with Crippen molar-refractivity contribution in [2.45, 2.75) is 25.2 Å². The summed E-state index contributed by atoms with van der Waals surface area (Å²) in [6, 6.07) is 4.32. The van der Waals surface area contributed by atoms with Crippen LogP contribution < -0.4 is 10.1 Å². The standard InChI is InChI=1S/C15H20BrF3N2O2/c16-11-3-4-14(23-15(17,18)19)12(10-11)13(2-1-9-22)21-7-5-20-6-8-21/h3-4,10,13,20,22H,1-2,5-9H2/t13-/m1/s1. The van der Waals surface area contributed by atoms with E-state index in [1.807, 2.05) is 0 Å². The molecule has 1 aliphatic heterocycles. The highest BCUT2D eigenvalue weighted by Crippen LogP contribution is 2.37. The molecular formula is C15H20BrF3N2O2. The zero-order valence-electron chi connectivity index (χ0n) is 12.6. The maximum Gasteiger partial charge on any atom is 0.573 e. The minimum absolute atomic E-state index is 0.00601. The van der Waals surface area contributed by atoms with E-state index in [0.717, 1.165) is 26.2 Å². The van der Waals surface area contributed by atoms with Crippen LogP contribution in [0.5, 0.6) is 5.75 Å². The minimum Gasteiger partial charge on any atom is -0.405 e. The largest absolute Gasteiger partial charge is 0.573 e. The number of aliphatic hydroxyl groups is 1. The lowest BCUT2D eigenvalue weighted by Crippen LogP contribution is -2.45. The summed E-state index contributed by atoms with van der Waals surface area (Å²) in [5.41, 5.74) is 0.493. The van der Waals surface area contributed by atoms with Crippen molar-refractivity contribution in [2.75, 3.05) is 32.8 Å². The number of piperazine rings is 1. The smallest absolute Gasteiger partial charge is 0.405 e. The highest BCUT2D eigenvalue weighted by molar-refractivity contribution is 9.10. The lowest BCUT2D eigenvalue weighted by molar-refractivity contribution is -0.275. The summed E-state index contributed by atoms with van der Waals surface area (Å²) in [5.74, 6) is -0.179. The summed E-state index contributed by atoms with van der Waals surface area (Å²) in [6.07, 6.45) is -3.64. The van der Waals surface area contributed by atoms with Crippen LogP contribution in [0.2, 0.25) is 0 Å². The third-order valence-corrected chi connectivity index (χ3v) is 4.28. The minimum atomic E-state index is -4.73. The third kappa shape index (κ3) is 5.63. The van der Waals surface area contributed by atoms with E-state index in [9.17, 15) is 13.2 Å². The fraction of sp³-hybridized carbons (Fsp3) is 0.600. The summed E-state index contributed by atoms with van der Waals surface area (Å²) in [5, 5.41) is 12.3. The molecule has 0 aliphatic carbocycles. The number of nitrogens with zero attached hydrogens (tertiary/aromatic N) is 1. The third-order valence-electron chi connectivity index (χ3n) is 3.78. The number of hydrogen-bond acceptors (Lipinski definition) is 4. The van der Waals surface area contributed by atoms with Crippen molar-refractivity contribution in [3.8, 4) is 5.75 Å². The van der Waals surface area contributed by atoms with Crippen LogP contribution >= 0.6 is 15.9 Å². The number of hydrogen-bond donors (Lipinski definition) is 2. The van der Waals surface area contributed by atoms with Crippen molar-refractivity contribution in [1.29, 1.82) is 0 Å². The Morgan fingerprint density at radius 3 is 2.61 bits per heavy atom. The van der Waals surface area contributed by atoms with E-state index < -0.39 is 6.36 Å². The second-order valence-electron chi connectivity index (χ2n) is 5.40. The lowest BCUT2D eigenvalue weighted by Gasteiger charge is -2.36. The molecule has 4 nitrogen and oxygen atoms in total. The van der Waals surface area contributed by atoms with Crippen molar-refractivity contribution in [3.05, 3.63) is 28.2 Å². The fourth-order valence-electron chi connectivity index (χ4n) is 2.81. The summed E-state index contributed by atoms with van der Waals surface area (Å²) in [7, 11) is 0. The SMILES string of the molecule is OCCC[C@H](c1cc(Br)ccc1OC(F)(F)F)N1CCNCC1. The van der Waals surface area contributed by atoms with Crippen LogP contribution in [-0.4, -0.2) is 49.2 Å². The normalized spacial score (nSPS) is 18.0. The molecule has 0 saturated carbocycles. The van der Waals surface area contributed by atoms with E-state index in [2.05, 4.69) is 30.9 Å². The molecule has 130 valence electrons. The Morgan fingerprint density at radius 1 is 1.30 bits per heavy atom. The molecule has 2 N–H and O–H groups in total. The van der Waals surface area contributed by atoms with E-state index >= 15 is 0 Å². The second kappa shape index (κ2) is 8.32.